The monoisotopic (exact) mass is 383 g/mol. The predicted molar refractivity (Wildman–Crippen MR) is 106 cm³/mol. The van der Waals surface area contributed by atoms with Crippen molar-refractivity contribution in [3.63, 3.8) is 0 Å². The minimum absolute atomic E-state index is 0.0794. The fraction of sp³-hybridized carbons (Fsp3) is 0.350. The van der Waals surface area contributed by atoms with Gasteiger partial charge in [-0.05, 0) is 30.7 Å². The lowest BCUT2D eigenvalue weighted by Crippen LogP contribution is -2.34. The van der Waals surface area contributed by atoms with Crippen molar-refractivity contribution in [2.24, 2.45) is 0 Å². The van der Waals surface area contributed by atoms with Crippen molar-refractivity contribution < 1.29 is 9.21 Å². The van der Waals surface area contributed by atoms with Crippen molar-refractivity contribution in [1.29, 1.82) is 0 Å². The molecule has 4 rings (SSSR count). The Morgan fingerprint density at radius 2 is 2.11 bits per heavy atom. The molecular formula is C20H21N3O3S. The van der Waals surface area contributed by atoms with Crippen molar-refractivity contribution in [3.05, 3.63) is 65.1 Å². The number of hydrogen-bond donors (Lipinski definition) is 0. The molecule has 140 valence electrons. The molecule has 0 spiro atoms. The van der Waals surface area contributed by atoms with Crippen LogP contribution in [0.4, 0.5) is 0 Å². The average molecular weight is 383 g/mol. The van der Waals surface area contributed by atoms with Gasteiger partial charge in [-0.3, -0.25) is 14.2 Å². The Balaban J connectivity index is 1.38. The Hall–Kier alpha value is -2.54. The maximum atomic E-state index is 12.6. The first-order valence-corrected chi connectivity index (χ1v) is 10.1. The molecule has 0 saturated carbocycles. The van der Waals surface area contributed by atoms with E-state index in [0.717, 1.165) is 24.5 Å². The number of carbonyl (C=O) groups is 1. The second kappa shape index (κ2) is 8.00. The molecule has 1 amide bonds. The number of carbonyl (C=O) groups excluding carboxylic acids is 1. The van der Waals surface area contributed by atoms with Gasteiger partial charge in [0.15, 0.2) is 0 Å². The van der Waals surface area contributed by atoms with Crippen LogP contribution in [0.15, 0.2) is 58.2 Å². The molecule has 6 nitrogen and oxygen atoms in total. The van der Waals surface area contributed by atoms with Gasteiger partial charge >= 0.3 is 0 Å². The van der Waals surface area contributed by atoms with Crippen molar-refractivity contribution in [2.75, 3.05) is 18.8 Å². The van der Waals surface area contributed by atoms with E-state index in [1.54, 1.807) is 12.3 Å². The van der Waals surface area contributed by atoms with Crippen LogP contribution < -0.4 is 5.56 Å². The number of rotatable bonds is 4. The second-order valence-electron chi connectivity index (χ2n) is 6.55. The summed E-state index contributed by atoms with van der Waals surface area (Å²) in [4.78, 5) is 31.4. The number of aromatic nitrogens is 2. The maximum Gasteiger partial charge on any atom is 0.261 e. The van der Waals surface area contributed by atoms with Crippen LogP contribution in [0.2, 0.25) is 0 Å². The maximum absolute atomic E-state index is 12.6. The summed E-state index contributed by atoms with van der Waals surface area (Å²) in [6.45, 7) is 1.79. The topological polar surface area (TPSA) is 68.3 Å². The van der Waals surface area contributed by atoms with E-state index in [1.165, 1.54) is 10.9 Å². The quantitative estimate of drug-likeness (QED) is 0.693. The number of thioether (sulfide) groups is 1. The van der Waals surface area contributed by atoms with E-state index >= 15 is 0 Å². The Morgan fingerprint density at radius 1 is 1.22 bits per heavy atom. The normalized spacial score (nSPS) is 17.8. The van der Waals surface area contributed by atoms with Gasteiger partial charge in [0, 0.05) is 31.8 Å². The van der Waals surface area contributed by atoms with Gasteiger partial charge in [-0.25, -0.2) is 4.98 Å². The summed E-state index contributed by atoms with van der Waals surface area (Å²) in [5.74, 6) is 1.94. The molecule has 2 aromatic heterocycles. The zero-order valence-corrected chi connectivity index (χ0v) is 15.7. The molecule has 1 aliphatic heterocycles. The van der Waals surface area contributed by atoms with Crippen molar-refractivity contribution in [1.82, 2.24) is 14.5 Å². The first-order chi connectivity index (χ1) is 13.2. The fourth-order valence-corrected chi connectivity index (χ4v) is 4.54. The number of para-hydroxylation sites is 1. The lowest BCUT2D eigenvalue weighted by Gasteiger charge is -2.20. The molecule has 27 heavy (non-hydrogen) atoms. The van der Waals surface area contributed by atoms with E-state index < -0.39 is 0 Å². The van der Waals surface area contributed by atoms with Crippen LogP contribution in [-0.4, -0.2) is 39.2 Å². The minimum Gasteiger partial charge on any atom is -0.468 e. The van der Waals surface area contributed by atoms with Gasteiger partial charge in [0.1, 0.15) is 5.76 Å². The highest BCUT2D eigenvalue weighted by Gasteiger charge is 2.23. The number of amides is 1. The van der Waals surface area contributed by atoms with Crippen LogP contribution in [0.5, 0.6) is 0 Å². The molecule has 0 N–H and O–H groups in total. The van der Waals surface area contributed by atoms with Gasteiger partial charge in [-0.1, -0.05) is 12.1 Å². The summed E-state index contributed by atoms with van der Waals surface area (Å²) in [6.07, 6.45) is 4.40. The van der Waals surface area contributed by atoms with Crippen LogP contribution in [-0.2, 0) is 11.3 Å². The zero-order valence-electron chi connectivity index (χ0n) is 14.9. The number of aryl methyl sites for hydroxylation is 1. The molecule has 1 atom stereocenters. The summed E-state index contributed by atoms with van der Waals surface area (Å²) in [7, 11) is 0. The molecule has 1 aliphatic rings. The summed E-state index contributed by atoms with van der Waals surface area (Å²) < 4.78 is 7.03. The average Bonchev–Trinajstić information content (AvgIpc) is 3.12. The van der Waals surface area contributed by atoms with Crippen LogP contribution >= 0.6 is 11.8 Å². The molecule has 3 heterocycles. The molecular weight excluding hydrogens is 362 g/mol. The van der Waals surface area contributed by atoms with E-state index in [9.17, 15) is 9.59 Å². The van der Waals surface area contributed by atoms with E-state index in [2.05, 4.69) is 4.98 Å². The molecule has 1 fully saturated rings. The third-order valence-electron chi connectivity index (χ3n) is 4.85. The SMILES string of the molecule is O=C(CCn1cnc2ccccc2c1=O)N1CCS[C@H](c2ccco2)CC1. The van der Waals surface area contributed by atoms with Gasteiger partial charge in [0.05, 0.1) is 28.7 Å². The van der Waals surface area contributed by atoms with Gasteiger partial charge in [0.2, 0.25) is 5.91 Å². The highest BCUT2D eigenvalue weighted by atomic mass is 32.2. The Kier molecular flexibility index (Phi) is 5.29. The summed E-state index contributed by atoms with van der Waals surface area (Å²) in [5.41, 5.74) is 0.580. The van der Waals surface area contributed by atoms with Gasteiger partial charge in [0.25, 0.3) is 5.56 Å². The van der Waals surface area contributed by atoms with Crippen LogP contribution in [0, 0.1) is 0 Å². The van der Waals surface area contributed by atoms with Crippen LogP contribution in [0.3, 0.4) is 0 Å². The number of fused-ring (bicyclic) bond motifs is 1. The number of hydrogen-bond acceptors (Lipinski definition) is 5. The molecule has 1 aromatic carbocycles. The highest BCUT2D eigenvalue weighted by Crippen LogP contribution is 2.34. The fourth-order valence-electron chi connectivity index (χ4n) is 3.36. The van der Waals surface area contributed by atoms with Crippen LogP contribution in [0.1, 0.15) is 23.9 Å². The largest absolute Gasteiger partial charge is 0.468 e. The molecule has 0 bridgehead atoms. The first-order valence-electron chi connectivity index (χ1n) is 9.09. The predicted octanol–water partition coefficient (Wildman–Crippen LogP) is 3.09. The molecule has 3 aromatic rings. The molecule has 1 saturated heterocycles. The summed E-state index contributed by atoms with van der Waals surface area (Å²) in [6, 6.07) is 11.2. The van der Waals surface area contributed by atoms with Crippen molar-refractivity contribution >= 4 is 28.6 Å². The summed E-state index contributed by atoms with van der Waals surface area (Å²) >= 11 is 1.83. The molecule has 0 aliphatic carbocycles. The van der Waals surface area contributed by atoms with Gasteiger partial charge in [-0.2, -0.15) is 0 Å². The second-order valence-corrected chi connectivity index (χ2v) is 7.87. The molecule has 0 unspecified atom stereocenters. The Labute approximate surface area is 161 Å². The Bertz CT molecular complexity index is 984. The first kappa shape index (κ1) is 17.9. The Morgan fingerprint density at radius 3 is 2.96 bits per heavy atom. The highest BCUT2D eigenvalue weighted by molar-refractivity contribution is 7.99. The van der Waals surface area contributed by atoms with E-state index in [-0.39, 0.29) is 11.5 Å². The third kappa shape index (κ3) is 3.93. The minimum atomic E-state index is -0.0993. The number of benzene rings is 1. The van der Waals surface area contributed by atoms with Crippen molar-refractivity contribution in [2.45, 2.75) is 24.6 Å². The number of nitrogens with zero attached hydrogens (tertiary/aromatic N) is 3. The zero-order chi connectivity index (χ0) is 18.6. The van der Waals surface area contributed by atoms with Gasteiger partial charge < -0.3 is 9.32 Å². The number of furan rings is 1. The molecule has 0 radical (unpaired) electrons. The van der Waals surface area contributed by atoms with E-state index in [4.69, 9.17) is 4.42 Å². The smallest absolute Gasteiger partial charge is 0.261 e. The van der Waals surface area contributed by atoms with E-state index in [1.807, 2.05) is 47.0 Å². The van der Waals surface area contributed by atoms with Crippen LogP contribution in [0.25, 0.3) is 10.9 Å². The van der Waals surface area contributed by atoms with Crippen molar-refractivity contribution in [3.8, 4) is 0 Å². The molecule has 7 heteroatoms. The lowest BCUT2D eigenvalue weighted by molar-refractivity contribution is -0.131. The lowest BCUT2D eigenvalue weighted by atomic mass is 10.2. The van der Waals surface area contributed by atoms with Gasteiger partial charge in [-0.15, -0.1) is 11.8 Å². The standard InChI is InChI=1S/C20H21N3O3S/c24-19(22-9-7-18(27-13-11-22)17-6-3-12-26-17)8-10-23-14-21-16-5-2-1-4-15(16)20(23)25/h1-6,12,14,18H,7-11,13H2/t18-/m0/s1. The van der Waals surface area contributed by atoms with E-state index in [0.29, 0.717) is 35.7 Å². The summed E-state index contributed by atoms with van der Waals surface area (Å²) in [5, 5.41) is 0.880. The third-order valence-corrected chi connectivity index (χ3v) is 6.14.